The summed E-state index contributed by atoms with van der Waals surface area (Å²) in [5.74, 6) is 2.33. The molecule has 0 N–H and O–H groups in total. The lowest BCUT2D eigenvalue weighted by molar-refractivity contribution is 0.235. The first-order valence-corrected chi connectivity index (χ1v) is 9.82. The minimum Gasteiger partial charge on any atom is -0.192 e. The molecule has 130 valence electrons. The van der Waals surface area contributed by atoms with Crippen molar-refractivity contribution in [2.45, 2.75) is 58.3 Å². The Morgan fingerprint density at radius 2 is 1.76 bits per heavy atom. The van der Waals surface area contributed by atoms with E-state index >= 15 is 0 Å². The largest absolute Gasteiger partial charge is 0.192 e. The van der Waals surface area contributed by atoms with Crippen molar-refractivity contribution in [1.82, 2.24) is 0 Å². The highest BCUT2D eigenvalue weighted by Gasteiger charge is 2.27. The highest BCUT2D eigenvalue weighted by Crippen LogP contribution is 2.42. The molecule has 0 amide bonds. The summed E-state index contributed by atoms with van der Waals surface area (Å²) in [6, 6.07) is 19.2. The first-order chi connectivity index (χ1) is 12.2. The second-order valence-corrected chi connectivity index (χ2v) is 7.66. The Kier molecular flexibility index (Phi) is 5.92. The van der Waals surface area contributed by atoms with E-state index in [4.69, 9.17) is 0 Å². The predicted octanol–water partition coefficient (Wildman–Crippen LogP) is 6.94. The number of hydrogen-bond donors (Lipinski definition) is 0. The van der Waals surface area contributed by atoms with Crippen LogP contribution in [0.3, 0.4) is 0 Å². The van der Waals surface area contributed by atoms with Crippen LogP contribution in [0.15, 0.2) is 48.5 Å². The van der Waals surface area contributed by atoms with E-state index in [-0.39, 0.29) is 0 Å². The van der Waals surface area contributed by atoms with E-state index < -0.39 is 0 Å². The Morgan fingerprint density at radius 3 is 2.40 bits per heavy atom. The van der Waals surface area contributed by atoms with E-state index in [0.29, 0.717) is 5.92 Å². The second-order valence-electron chi connectivity index (χ2n) is 7.66. The zero-order valence-electron chi connectivity index (χ0n) is 15.5. The van der Waals surface area contributed by atoms with E-state index in [2.05, 4.69) is 62.4 Å². The second kappa shape index (κ2) is 8.34. The van der Waals surface area contributed by atoms with Gasteiger partial charge in [-0.05, 0) is 72.3 Å². The van der Waals surface area contributed by atoms with Crippen LogP contribution in [-0.4, -0.2) is 0 Å². The summed E-state index contributed by atoms with van der Waals surface area (Å²) in [7, 11) is 0. The first kappa shape index (κ1) is 17.7. The Morgan fingerprint density at radius 1 is 1.04 bits per heavy atom. The molecule has 1 aliphatic rings. The molecule has 1 atom stereocenters. The third-order valence-corrected chi connectivity index (χ3v) is 6.03. The van der Waals surface area contributed by atoms with Gasteiger partial charge in [0.1, 0.15) is 0 Å². The van der Waals surface area contributed by atoms with Gasteiger partial charge in [-0.15, -0.1) is 0 Å². The van der Waals surface area contributed by atoms with E-state index in [1.165, 1.54) is 55.2 Å². The number of nitriles is 1. The van der Waals surface area contributed by atoms with Crippen molar-refractivity contribution in [3.8, 4) is 17.2 Å². The first-order valence-electron chi connectivity index (χ1n) is 9.82. The normalized spacial score (nSPS) is 21.5. The minimum absolute atomic E-state index is 0.591. The van der Waals surface area contributed by atoms with Crippen molar-refractivity contribution < 1.29 is 0 Å². The summed E-state index contributed by atoms with van der Waals surface area (Å²) in [5.41, 5.74) is 4.75. The molecule has 3 rings (SSSR count). The van der Waals surface area contributed by atoms with Gasteiger partial charge in [-0.3, -0.25) is 0 Å². The van der Waals surface area contributed by atoms with Crippen LogP contribution in [0.25, 0.3) is 11.1 Å². The molecule has 0 heterocycles. The third-order valence-electron chi connectivity index (χ3n) is 6.03. The lowest BCUT2D eigenvalue weighted by Gasteiger charge is -2.33. The Balaban J connectivity index is 1.84. The molecule has 0 radical (unpaired) electrons. The number of hydrogen-bond acceptors (Lipinski definition) is 1. The monoisotopic (exact) mass is 331 g/mol. The van der Waals surface area contributed by atoms with E-state index in [0.717, 1.165) is 17.4 Å². The average molecular weight is 332 g/mol. The van der Waals surface area contributed by atoms with Crippen molar-refractivity contribution in [1.29, 1.82) is 5.26 Å². The van der Waals surface area contributed by atoms with Gasteiger partial charge in [-0.25, -0.2) is 0 Å². The maximum atomic E-state index is 9.35. The van der Waals surface area contributed by atoms with Gasteiger partial charge >= 0.3 is 0 Å². The molecule has 1 fully saturated rings. The van der Waals surface area contributed by atoms with Crippen molar-refractivity contribution in [2.75, 3.05) is 0 Å². The molecular weight excluding hydrogens is 302 g/mol. The van der Waals surface area contributed by atoms with Crippen LogP contribution in [0.2, 0.25) is 0 Å². The lowest BCUT2D eigenvalue weighted by atomic mass is 9.72. The fourth-order valence-electron chi connectivity index (χ4n) is 4.54. The topological polar surface area (TPSA) is 23.8 Å². The molecule has 0 spiro atoms. The summed E-state index contributed by atoms with van der Waals surface area (Å²) < 4.78 is 0. The summed E-state index contributed by atoms with van der Waals surface area (Å²) in [5, 5.41) is 9.35. The summed E-state index contributed by atoms with van der Waals surface area (Å²) >= 11 is 0. The Labute approximate surface area is 152 Å². The summed E-state index contributed by atoms with van der Waals surface area (Å²) in [6.07, 6.45) is 7.83. The fraction of sp³-hybridized carbons (Fsp3) is 0.458. The zero-order chi connectivity index (χ0) is 17.6. The van der Waals surface area contributed by atoms with E-state index in [1.54, 1.807) is 0 Å². The van der Waals surface area contributed by atoms with Crippen molar-refractivity contribution in [3.63, 3.8) is 0 Å². The Hall–Kier alpha value is -2.07. The standard InChI is InChI=1S/C24H29N/c1-3-7-18(2)20-11-13-22(14-12-20)24-16-19(17-25)10-15-23(24)21-8-5-4-6-9-21/h4-6,8-10,15-16,18,20,22H,3,7,11-14H2,1-2H3. The molecule has 1 unspecified atom stereocenters. The average Bonchev–Trinajstić information content (AvgIpc) is 2.68. The molecule has 25 heavy (non-hydrogen) atoms. The fourth-order valence-corrected chi connectivity index (χ4v) is 4.54. The van der Waals surface area contributed by atoms with Gasteiger partial charge in [0.15, 0.2) is 0 Å². The number of nitrogens with zero attached hydrogens (tertiary/aromatic N) is 1. The maximum absolute atomic E-state index is 9.35. The quantitative estimate of drug-likeness (QED) is 0.582. The van der Waals surface area contributed by atoms with Gasteiger partial charge in [0.25, 0.3) is 0 Å². The molecule has 1 nitrogen and oxygen atoms in total. The molecule has 2 aromatic carbocycles. The SMILES string of the molecule is CCCC(C)C1CCC(c2cc(C#N)ccc2-c2ccccc2)CC1. The van der Waals surface area contributed by atoms with Crippen molar-refractivity contribution in [2.24, 2.45) is 11.8 Å². The van der Waals surface area contributed by atoms with Crippen LogP contribution in [0.5, 0.6) is 0 Å². The molecule has 2 aromatic rings. The molecule has 0 bridgehead atoms. The summed E-state index contributed by atoms with van der Waals surface area (Å²) in [6.45, 7) is 4.72. The van der Waals surface area contributed by atoms with Crippen LogP contribution in [0.1, 0.15) is 69.4 Å². The van der Waals surface area contributed by atoms with Crippen molar-refractivity contribution >= 4 is 0 Å². The molecule has 0 saturated heterocycles. The maximum Gasteiger partial charge on any atom is 0.0991 e. The van der Waals surface area contributed by atoms with Crippen LogP contribution >= 0.6 is 0 Å². The highest BCUT2D eigenvalue weighted by molar-refractivity contribution is 5.69. The van der Waals surface area contributed by atoms with Crippen LogP contribution in [0.4, 0.5) is 0 Å². The Bertz CT molecular complexity index is 718. The minimum atomic E-state index is 0.591. The molecule has 1 saturated carbocycles. The van der Waals surface area contributed by atoms with Crippen LogP contribution < -0.4 is 0 Å². The molecule has 0 aromatic heterocycles. The van der Waals surface area contributed by atoms with Gasteiger partial charge < -0.3 is 0 Å². The van der Waals surface area contributed by atoms with E-state index in [1.807, 2.05) is 6.07 Å². The molecule has 1 aliphatic carbocycles. The highest BCUT2D eigenvalue weighted by atomic mass is 14.3. The molecular formula is C24H29N. The predicted molar refractivity (Wildman–Crippen MR) is 105 cm³/mol. The smallest absolute Gasteiger partial charge is 0.0991 e. The van der Waals surface area contributed by atoms with Crippen molar-refractivity contribution in [3.05, 3.63) is 59.7 Å². The van der Waals surface area contributed by atoms with Gasteiger partial charge in [0.05, 0.1) is 11.6 Å². The van der Waals surface area contributed by atoms with Gasteiger partial charge in [0.2, 0.25) is 0 Å². The van der Waals surface area contributed by atoms with Gasteiger partial charge in [-0.2, -0.15) is 5.26 Å². The third kappa shape index (κ3) is 4.13. The number of benzene rings is 2. The summed E-state index contributed by atoms with van der Waals surface area (Å²) in [4.78, 5) is 0. The number of rotatable bonds is 5. The molecule has 0 aliphatic heterocycles. The van der Waals surface area contributed by atoms with Gasteiger partial charge in [-0.1, -0.05) is 63.1 Å². The van der Waals surface area contributed by atoms with E-state index in [9.17, 15) is 5.26 Å². The lowest BCUT2D eigenvalue weighted by Crippen LogP contribution is -2.19. The zero-order valence-corrected chi connectivity index (χ0v) is 15.5. The molecule has 1 heteroatoms. The van der Waals surface area contributed by atoms with Gasteiger partial charge in [0, 0.05) is 0 Å². The van der Waals surface area contributed by atoms with Crippen LogP contribution in [0, 0.1) is 23.2 Å². The van der Waals surface area contributed by atoms with Crippen LogP contribution in [-0.2, 0) is 0 Å².